The monoisotopic (exact) mass is 207 g/mol. The summed E-state index contributed by atoms with van der Waals surface area (Å²) in [6, 6.07) is 4.85. The maximum atomic E-state index is 11.3. The van der Waals surface area contributed by atoms with Crippen LogP contribution in [0.2, 0.25) is 0 Å². The van der Waals surface area contributed by atoms with Gasteiger partial charge in [0.25, 0.3) is 0 Å². The Hall–Kier alpha value is -1.88. The van der Waals surface area contributed by atoms with Crippen molar-refractivity contribution in [3.8, 4) is 0 Å². The first kappa shape index (κ1) is 11.2. The zero-order valence-electron chi connectivity index (χ0n) is 8.65. The van der Waals surface area contributed by atoms with E-state index in [4.69, 9.17) is 5.84 Å². The average molecular weight is 207 g/mol. The van der Waals surface area contributed by atoms with Crippen molar-refractivity contribution < 1.29 is 9.59 Å². The quantitative estimate of drug-likeness (QED) is 0.327. The zero-order chi connectivity index (χ0) is 11.4. The van der Waals surface area contributed by atoms with Crippen LogP contribution in [0.3, 0.4) is 0 Å². The molecular weight excluding hydrogens is 194 g/mol. The molecule has 5 nitrogen and oxygen atoms in total. The number of anilines is 1. The number of para-hydroxylation sites is 1. The van der Waals surface area contributed by atoms with Crippen molar-refractivity contribution in [1.29, 1.82) is 0 Å². The summed E-state index contributed by atoms with van der Waals surface area (Å²) < 4.78 is 0. The highest BCUT2D eigenvalue weighted by Gasteiger charge is 2.17. The standard InChI is InChI=1S/C10H13N3O2/c1-7-4-3-5-8(2)9(7)13(6-14)10(15)12-11/h3-6H,11H2,1-2H3,(H,12,15). The van der Waals surface area contributed by atoms with Gasteiger partial charge in [0.15, 0.2) is 0 Å². The molecule has 0 aromatic heterocycles. The number of benzene rings is 1. The highest BCUT2D eigenvalue weighted by Crippen LogP contribution is 2.23. The Morgan fingerprint density at radius 2 is 1.93 bits per heavy atom. The highest BCUT2D eigenvalue weighted by molar-refractivity contribution is 6.06. The number of carbonyl (C=O) groups is 2. The number of rotatable bonds is 2. The van der Waals surface area contributed by atoms with Gasteiger partial charge in [0.2, 0.25) is 6.41 Å². The summed E-state index contributed by atoms with van der Waals surface area (Å²) in [6.07, 6.45) is 0.442. The first-order chi connectivity index (χ1) is 7.11. The third-order valence-corrected chi connectivity index (χ3v) is 2.13. The van der Waals surface area contributed by atoms with Crippen molar-refractivity contribution in [3.05, 3.63) is 29.3 Å². The van der Waals surface area contributed by atoms with E-state index < -0.39 is 6.03 Å². The lowest BCUT2D eigenvalue weighted by molar-refractivity contribution is -0.106. The predicted octanol–water partition coefficient (Wildman–Crippen LogP) is 0.850. The Labute approximate surface area is 87.8 Å². The fraction of sp³-hybridized carbons (Fsp3) is 0.200. The van der Waals surface area contributed by atoms with E-state index >= 15 is 0 Å². The first-order valence-corrected chi connectivity index (χ1v) is 4.43. The van der Waals surface area contributed by atoms with Gasteiger partial charge in [-0.2, -0.15) is 0 Å². The van der Waals surface area contributed by atoms with Crippen LogP contribution in [0.15, 0.2) is 18.2 Å². The lowest BCUT2D eigenvalue weighted by Crippen LogP contribution is -2.43. The van der Waals surface area contributed by atoms with Gasteiger partial charge < -0.3 is 0 Å². The number of aryl methyl sites for hydroxylation is 2. The minimum Gasteiger partial charge on any atom is -0.278 e. The number of hydrogen-bond donors (Lipinski definition) is 2. The topological polar surface area (TPSA) is 75.4 Å². The minimum absolute atomic E-state index is 0.442. The van der Waals surface area contributed by atoms with Gasteiger partial charge in [-0.25, -0.2) is 15.5 Å². The summed E-state index contributed by atoms with van der Waals surface area (Å²) in [4.78, 5) is 23.1. The number of imide groups is 1. The van der Waals surface area contributed by atoms with Crippen molar-refractivity contribution in [2.24, 2.45) is 5.84 Å². The van der Waals surface area contributed by atoms with Gasteiger partial charge in [0, 0.05) is 0 Å². The van der Waals surface area contributed by atoms with Crippen molar-refractivity contribution in [2.45, 2.75) is 13.8 Å². The predicted molar refractivity (Wildman–Crippen MR) is 57.2 cm³/mol. The first-order valence-electron chi connectivity index (χ1n) is 4.43. The normalized spacial score (nSPS) is 9.53. The third kappa shape index (κ3) is 2.13. The van der Waals surface area contributed by atoms with Crippen LogP contribution in [0.4, 0.5) is 10.5 Å². The molecule has 0 bridgehead atoms. The molecule has 0 saturated carbocycles. The van der Waals surface area contributed by atoms with E-state index in [-0.39, 0.29) is 0 Å². The Kier molecular flexibility index (Phi) is 3.41. The Morgan fingerprint density at radius 1 is 1.40 bits per heavy atom. The van der Waals surface area contributed by atoms with E-state index in [1.807, 2.05) is 37.5 Å². The fourth-order valence-corrected chi connectivity index (χ4v) is 1.46. The van der Waals surface area contributed by atoms with Crippen LogP contribution < -0.4 is 16.2 Å². The minimum atomic E-state index is -0.651. The number of nitrogens with zero attached hydrogens (tertiary/aromatic N) is 1. The van der Waals surface area contributed by atoms with Crippen LogP contribution in [0.25, 0.3) is 0 Å². The van der Waals surface area contributed by atoms with Crippen LogP contribution >= 0.6 is 0 Å². The number of nitrogens with two attached hydrogens (primary N) is 1. The van der Waals surface area contributed by atoms with Gasteiger partial charge in [-0.3, -0.25) is 10.2 Å². The molecule has 5 heteroatoms. The third-order valence-electron chi connectivity index (χ3n) is 2.13. The number of amides is 3. The molecule has 80 valence electrons. The molecule has 1 rings (SSSR count). The van der Waals surface area contributed by atoms with Gasteiger partial charge >= 0.3 is 6.03 Å². The Balaban J connectivity index is 3.23. The lowest BCUT2D eigenvalue weighted by Gasteiger charge is -2.19. The van der Waals surface area contributed by atoms with Crippen LogP contribution in [0.1, 0.15) is 11.1 Å². The maximum Gasteiger partial charge on any atom is 0.342 e. The molecule has 0 unspecified atom stereocenters. The molecule has 0 radical (unpaired) electrons. The smallest absolute Gasteiger partial charge is 0.278 e. The fourth-order valence-electron chi connectivity index (χ4n) is 1.46. The van der Waals surface area contributed by atoms with Crippen molar-refractivity contribution in [3.63, 3.8) is 0 Å². The molecule has 1 aromatic rings. The van der Waals surface area contributed by atoms with E-state index in [9.17, 15) is 9.59 Å². The molecule has 0 fully saturated rings. The summed E-state index contributed by atoms with van der Waals surface area (Å²) in [5.41, 5.74) is 4.17. The summed E-state index contributed by atoms with van der Waals surface area (Å²) in [6.45, 7) is 3.64. The Morgan fingerprint density at radius 3 is 2.33 bits per heavy atom. The summed E-state index contributed by atoms with van der Waals surface area (Å²) in [7, 11) is 0. The molecule has 1 aromatic carbocycles. The average Bonchev–Trinajstić information content (AvgIpc) is 2.22. The van der Waals surface area contributed by atoms with E-state index in [0.29, 0.717) is 12.1 Å². The van der Waals surface area contributed by atoms with Crippen molar-refractivity contribution in [2.75, 3.05) is 4.90 Å². The number of carbonyl (C=O) groups excluding carboxylic acids is 2. The number of nitrogens with one attached hydrogen (secondary N) is 1. The molecule has 3 N–H and O–H groups in total. The maximum absolute atomic E-state index is 11.3. The summed E-state index contributed by atoms with van der Waals surface area (Å²) >= 11 is 0. The molecule has 15 heavy (non-hydrogen) atoms. The molecule has 0 aliphatic rings. The molecule has 0 spiro atoms. The molecule has 0 aliphatic heterocycles. The molecule has 0 aliphatic carbocycles. The van der Waals surface area contributed by atoms with Crippen molar-refractivity contribution >= 4 is 18.1 Å². The van der Waals surface area contributed by atoms with Crippen LogP contribution in [0.5, 0.6) is 0 Å². The number of urea groups is 1. The number of hydrazine groups is 1. The Bertz CT molecular complexity index is 370. The second-order valence-electron chi connectivity index (χ2n) is 3.17. The van der Waals surface area contributed by atoms with Gasteiger partial charge in [0.1, 0.15) is 0 Å². The van der Waals surface area contributed by atoms with E-state index in [0.717, 1.165) is 16.0 Å². The molecule has 3 amide bonds. The van der Waals surface area contributed by atoms with Crippen LogP contribution in [-0.4, -0.2) is 12.4 Å². The lowest BCUT2D eigenvalue weighted by atomic mass is 10.1. The van der Waals surface area contributed by atoms with Gasteiger partial charge in [-0.05, 0) is 25.0 Å². The molecule has 0 saturated heterocycles. The van der Waals surface area contributed by atoms with Crippen LogP contribution in [-0.2, 0) is 4.79 Å². The second kappa shape index (κ2) is 4.56. The molecule has 0 atom stereocenters. The van der Waals surface area contributed by atoms with E-state index in [1.54, 1.807) is 0 Å². The summed E-state index contributed by atoms with van der Waals surface area (Å²) in [5.74, 6) is 4.99. The zero-order valence-corrected chi connectivity index (χ0v) is 8.65. The second-order valence-corrected chi connectivity index (χ2v) is 3.17. The SMILES string of the molecule is Cc1cccc(C)c1N(C=O)C(=O)NN. The van der Waals surface area contributed by atoms with Crippen molar-refractivity contribution in [1.82, 2.24) is 5.43 Å². The van der Waals surface area contributed by atoms with Crippen LogP contribution in [0, 0.1) is 13.8 Å². The molecular formula is C10H13N3O2. The summed E-state index contributed by atoms with van der Waals surface area (Å²) in [5, 5.41) is 0. The number of hydrogen-bond acceptors (Lipinski definition) is 3. The van der Waals surface area contributed by atoms with Gasteiger partial charge in [-0.15, -0.1) is 0 Å². The highest BCUT2D eigenvalue weighted by atomic mass is 16.2. The van der Waals surface area contributed by atoms with E-state index in [2.05, 4.69) is 0 Å². The van der Waals surface area contributed by atoms with Gasteiger partial charge in [0.05, 0.1) is 5.69 Å². The largest absolute Gasteiger partial charge is 0.342 e. The van der Waals surface area contributed by atoms with E-state index in [1.165, 1.54) is 0 Å². The van der Waals surface area contributed by atoms with Gasteiger partial charge in [-0.1, -0.05) is 18.2 Å². The molecule has 0 heterocycles.